The number of carbonyl (C=O) groups excluding carboxylic acids is 5. The third-order valence-electron chi connectivity index (χ3n) is 4.34. The lowest BCUT2D eigenvalue weighted by molar-refractivity contribution is -0.290. The SMILES string of the molecule is CC(=O)OC[C@H]1O[C@@H](OCC(=O)NCCCN)[C@H](CC(N)=O)[C@@H](OC(C)=O)[C@H]1OC(C)=O. The Morgan fingerprint density at radius 3 is 2.12 bits per heavy atom. The van der Waals surface area contributed by atoms with Gasteiger partial charge in [0.25, 0.3) is 0 Å². The number of carbonyl (C=O) groups is 5. The zero-order chi connectivity index (χ0) is 24.3. The summed E-state index contributed by atoms with van der Waals surface area (Å²) in [6.45, 7) is 3.35. The van der Waals surface area contributed by atoms with E-state index in [1.165, 1.54) is 6.92 Å². The molecule has 1 aliphatic heterocycles. The molecule has 0 aromatic heterocycles. The van der Waals surface area contributed by atoms with Crippen molar-refractivity contribution in [2.24, 2.45) is 17.4 Å². The van der Waals surface area contributed by atoms with Gasteiger partial charge >= 0.3 is 17.9 Å². The second-order valence-electron chi connectivity index (χ2n) is 7.13. The van der Waals surface area contributed by atoms with E-state index in [2.05, 4.69) is 5.32 Å². The van der Waals surface area contributed by atoms with E-state index in [-0.39, 0.29) is 13.0 Å². The molecule has 0 aromatic rings. The maximum absolute atomic E-state index is 12.0. The Bertz CT molecular complexity index is 686. The van der Waals surface area contributed by atoms with Gasteiger partial charge in [-0.05, 0) is 13.0 Å². The summed E-state index contributed by atoms with van der Waals surface area (Å²) < 4.78 is 26.9. The Morgan fingerprint density at radius 1 is 0.969 bits per heavy atom. The number of nitrogens with two attached hydrogens (primary N) is 2. The highest BCUT2D eigenvalue weighted by molar-refractivity contribution is 5.77. The maximum Gasteiger partial charge on any atom is 0.303 e. The average Bonchev–Trinajstić information content (AvgIpc) is 2.67. The van der Waals surface area contributed by atoms with Crippen molar-refractivity contribution >= 4 is 29.7 Å². The van der Waals surface area contributed by atoms with Gasteiger partial charge in [-0.2, -0.15) is 0 Å². The lowest BCUT2D eigenvalue weighted by atomic mass is 9.87. The number of hydrogen-bond donors (Lipinski definition) is 3. The smallest absolute Gasteiger partial charge is 0.303 e. The largest absolute Gasteiger partial charge is 0.463 e. The van der Waals surface area contributed by atoms with E-state index < -0.39 is 66.8 Å². The minimum Gasteiger partial charge on any atom is -0.463 e. The molecule has 1 aliphatic rings. The average molecular weight is 461 g/mol. The Kier molecular flexibility index (Phi) is 11.6. The fraction of sp³-hybridized carbons (Fsp3) is 0.737. The van der Waals surface area contributed by atoms with E-state index in [1.54, 1.807) is 0 Å². The first-order valence-corrected chi connectivity index (χ1v) is 10.0. The Morgan fingerprint density at radius 2 is 1.59 bits per heavy atom. The minimum absolute atomic E-state index is 0.342. The van der Waals surface area contributed by atoms with Gasteiger partial charge in [0, 0.05) is 33.7 Å². The zero-order valence-electron chi connectivity index (χ0n) is 18.4. The van der Waals surface area contributed by atoms with Crippen molar-refractivity contribution in [2.75, 3.05) is 26.3 Å². The first-order valence-electron chi connectivity index (χ1n) is 10.0. The van der Waals surface area contributed by atoms with Gasteiger partial charge in [0.15, 0.2) is 12.4 Å². The monoisotopic (exact) mass is 461 g/mol. The molecule has 1 saturated heterocycles. The number of ether oxygens (including phenoxy) is 5. The molecule has 0 spiro atoms. The van der Waals surface area contributed by atoms with E-state index in [1.807, 2.05) is 0 Å². The van der Waals surface area contributed by atoms with Crippen LogP contribution < -0.4 is 16.8 Å². The van der Waals surface area contributed by atoms with Crippen molar-refractivity contribution < 1.29 is 47.7 Å². The van der Waals surface area contributed by atoms with Gasteiger partial charge in [-0.15, -0.1) is 0 Å². The van der Waals surface area contributed by atoms with Crippen molar-refractivity contribution in [3.05, 3.63) is 0 Å². The van der Waals surface area contributed by atoms with Gasteiger partial charge < -0.3 is 40.5 Å². The lowest BCUT2D eigenvalue weighted by Gasteiger charge is -2.44. The molecule has 13 heteroatoms. The Balaban J connectivity index is 3.15. The van der Waals surface area contributed by atoms with Crippen molar-refractivity contribution in [3.8, 4) is 0 Å². The van der Waals surface area contributed by atoms with Gasteiger partial charge in [-0.1, -0.05) is 0 Å². The predicted octanol–water partition coefficient (Wildman–Crippen LogP) is -1.89. The molecule has 5 N–H and O–H groups in total. The van der Waals surface area contributed by atoms with Crippen LogP contribution in [0.25, 0.3) is 0 Å². The van der Waals surface area contributed by atoms with Crippen molar-refractivity contribution in [2.45, 2.75) is 58.2 Å². The van der Waals surface area contributed by atoms with Crippen LogP contribution in [0, 0.1) is 5.92 Å². The molecule has 5 atom stereocenters. The van der Waals surface area contributed by atoms with E-state index in [9.17, 15) is 24.0 Å². The second-order valence-corrected chi connectivity index (χ2v) is 7.13. The van der Waals surface area contributed by atoms with Crippen LogP contribution in [0.2, 0.25) is 0 Å². The molecule has 0 unspecified atom stereocenters. The summed E-state index contributed by atoms with van der Waals surface area (Å²) in [7, 11) is 0. The Hall–Kier alpha value is -2.77. The number of amides is 2. The number of rotatable bonds is 12. The zero-order valence-corrected chi connectivity index (χ0v) is 18.4. The third-order valence-corrected chi connectivity index (χ3v) is 4.34. The summed E-state index contributed by atoms with van der Waals surface area (Å²) in [5.41, 5.74) is 10.7. The molecule has 0 aliphatic carbocycles. The van der Waals surface area contributed by atoms with Crippen LogP contribution in [0.5, 0.6) is 0 Å². The predicted molar refractivity (Wildman–Crippen MR) is 106 cm³/mol. The van der Waals surface area contributed by atoms with Crippen LogP contribution in [-0.2, 0) is 47.7 Å². The standard InChI is InChI=1S/C19H31N3O10/c1-10(23)28-8-14-18(31-12(3)25)17(30-11(2)24)13(7-15(21)26)19(32-14)29-9-16(27)22-6-4-5-20/h13-14,17-19H,4-9,20H2,1-3H3,(H2,21,26)(H,22,27)/t13-,14-,17-,18+,19-/m1/s1. The first-order chi connectivity index (χ1) is 15.0. The highest BCUT2D eigenvalue weighted by atomic mass is 16.7. The van der Waals surface area contributed by atoms with Crippen LogP contribution in [0.3, 0.4) is 0 Å². The molecule has 182 valence electrons. The third kappa shape index (κ3) is 9.58. The first kappa shape index (κ1) is 27.3. The molecule has 1 rings (SSSR count). The molecule has 1 fully saturated rings. The highest BCUT2D eigenvalue weighted by Gasteiger charge is 2.51. The normalized spacial score (nSPS) is 24.8. The lowest BCUT2D eigenvalue weighted by Crippen LogP contribution is -2.60. The molecule has 1 heterocycles. The van der Waals surface area contributed by atoms with Crippen molar-refractivity contribution in [1.29, 1.82) is 0 Å². The molecular weight excluding hydrogens is 430 g/mol. The number of esters is 3. The topological polar surface area (TPSA) is 196 Å². The van der Waals surface area contributed by atoms with E-state index in [4.69, 9.17) is 35.2 Å². The minimum atomic E-state index is -1.26. The molecule has 0 radical (unpaired) electrons. The molecule has 0 saturated carbocycles. The molecule has 2 amide bonds. The van der Waals surface area contributed by atoms with Gasteiger partial charge in [-0.3, -0.25) is 24.0 Å². The molecule has 32 heavy (non-hydrogen) atoms. The van der Waals surface area contributed by atoms with Crippen molar-refractivity contribution in [3.63, 3.8) is 0 Å². The molecular formula is C19H31N3O10. The van der Waals surface area contributed by atoms with Crippen LogP contribution in [0.4, 0.5) is 0 Å². The summed E-state index contributed by atoms with van der Waals surface area (Å²) >= 11 is 0. The fourth-order valence-electron chi connectivity index (χ4n) is 3.12. The van der Waals surface area contributed by atoms with E-state index in [0.29, 0.717) is 19.5 Å². The highest BCUT2D eigenvalue weighted by Crippen LogP contribution is 2.34. The van der Waals surface area contributed by atoms with Gasteiger partial charge in [0.05, 0.1) is 5.92 Å². The quantitative estimate of drug-likeness (QED) is 0.167. The van der Waals surface area contributed by atoms with Crippen LogP contribution in [0.1, 0.15) is 33.6 Å². The van der Waals surface area contributed by atoms with E-state index >= 15 is 0 Å². The van der Waals surface area contributed by atoms with Crippen LogP contribution >= 0.6 is 0 Å². The molecule has 0 aromatic carbocycles. The molecule has 13 nitrogen and oxygen atoms in total. The summed E-state index contributed by atoms with van der Waals surface area (Å²) in [4.78, 5) is 58.4. The molecule has 0 bridgehead atoms. The van der Waals surface area contributed by atoms with Gasteiger partial charge in [-0.25, -0.2) is 0 Å². The summed E-state index contributed by atoms with van der Waals surface area (Å²) in [5, 5.41) is 2.59. The number of nitrogens with one attached hydrogen (secondary N) is 1. The second kappa shape index (κ2) is 13.6. The van der Waals surface area contributed by atoms with Crippen LogP contribution in [0.15, 0.2) is 0 Å². The Labute approximate surface area is 185 Å². The number of primary amides is 1. The summed E-state index contributed by atoms with van der Waals surface area (Å²) in [5.74, 6) is -4.33. The van der Waals surface area contributed by atoms with Crippen molar-refractivity contribution in [1.82, 2.24) is 5.32 Å². The van der Waals surface area contributed by atoms with Gasteiger partial charge in [0.2, 0.25) is 11.8 Å². The van der Waals surface area contributed by atoms with Gasteiger partial charge in [0.1, 0.15) is 25.4 Å². The summed E-state index contributed by atoms with van der Waals surface area (Å²) in [6.07, 6.45) is -4.61. The number of hydrogen-bond acceptors (Lipinski definition) is 11. The fourth-order valence-corrected chi connectivity index (χ4v) is 3.12. The van der Waals surface area contributed by atoms with E-state index in [0.717, 1.165) is 13.8 Å². The van der Waals surface area contributed by atoms with Crippen LogP contribution in [-0.4, -0.2) is 80.6 Å². The summed E-state index contributed by atoms with van der Waals surface area (Å²) in [6, 6.07) is 0. The maximum atomic E-state index is 12.0.